The Morgan fingerprint density at radius 3 is 2.77 bits per heavy atom. The van der Waals surface area contributed by atoms with E-state index in [0.717, 1.165) is 44.0 Å². The van der Waals surface area contributed by atoms with Crippen molar-refractivity contribution in [1.82, 2.24) is 19.2 Å². The number of nitrogens with zero attached hydrogens (tertiary/aromatic N) is 5. The average molecular weight is 297 g/mol. The zero-order valence-corrected chi connectivity index (χ0v) is 13.6. The molecule has 116 valence electrons. The molecule has 1 fully saturated rings. The van der Waals surface area contributed by atoms with E-state index in [4.69, 9.17) is 5.26 Å². The smallest absolute Gasteiger partial charge is 0.120 e. The van der Waals surface area contributed by atoms with Crippen molar-refractivity contribution in [1.29, 1.82) is 5.26 Å². The molecule has 5 nitrogen and oxygen atoms in total. The van der Waals surface area contributed by atoms with Gasteiger partial charge in [-0.25, -0.2) is 0 Å². The van der Waals surface area contributed by atoms with Gasteiger partial charge in [0.25, 0.3) is 0 Å². The molecule has 1 atom stereocenters. The van der Waals surface area contributed by atoms with Gasteiger partial charge in [-0.15, -0.1) is 0 Å². The minimum atomic E-state index is 0.470. The molecular formula is C17H23N5. The molecule has 1 aliphatic rings. The third kappa shape index (κ3) is 2.79. The van der Waals surface area contributed by atoms with E-state index in [-0.39, 0.29) is 0 Å². The van der Waals surface area contributed by atoms with Gasteiger partial charge >= 0.3 is 0 Å². The molecule has 1 aliphatic heterocycles. The first kappa shape index (κ1) is 14.9. The molecule has 0 aromatic carbocycles. The molecule has 0 bridgehead atoms. The Hall–Kier alpha value is -2.06. The number of rotatable bonds is 4. The Balaban J connectivity index is 1.67. The lowest BCUT2D eigenvalue weighted by atomic mass is 10.2. The third-order valence-electron chi connectivity index (χ3n) is 4.45. The van der Waals surface area contributed by atoms with Gasteiger partial charge < -0.3 is 4.57 Å². The second kappa shape index (κ2) is 5.98. The topological polar surface area (TPSA) is 49.8 Å². The van der Waals surface area contributed by atoms with Gasteiger partial charge in [-0.1, -0.05) is 0 Å². The first-order valence-corrected chi connectivity index (χ1v) is 7.95. The van der Waals surface area contributed by atoms with E-state index in [2.05, 4.69) is 46.9 Å². The Kier molecular flexibility index (Phi) is 4.04. The molecule has 0 aliphatic carbocycles. The van der Waals surface area contributed by atoms with Crippen molar-refractivity contribution in [3.05, 3.63) is 41.0 Å². The van der Waals surface area contributed by atoms with Gasteiger partial charge in [0, 0.05) is 38.1 Å². The molecule has 0 radical (unpaired) electrons. The Bertz CT molecular complexity index is 703. The summed E-state index contributed by atoms with van der Waals surface area (Å²) >= 11 is 0. The highest BCUT2D eigenvalue weighted by Crippen LogP contribution is 2.24. The first-order valence-electron chi connectivity index (χ1n) is 7.95. The van der Waals surface area contributed by atoms with Crippen LogP contribution in [0, 0.1) is 25.2 Å². The van der Waals surface area contributed by atoms with E-state index in [1.54, 1.807) is 0 Å². The summed E-state index contributed by atoms with van der Waals surface area (Å²) in [5, 5.41) is 13.8. The normalized spacial score (nSPS) is 18.7. The van der Waals surface area contributed by atoms with Crippen LogP contribution in [0.2, 0.25) is 0 Å². The van der Waals surface area contributed by atoms with Crippen LogP contribution in [0.5, 0.6) is 0 Å². The number of nitriles is 1. The van der Waals surface area contributed by atoms with Crippen LogP contribution in [0.15, 0.2) is 18.3 Å². The molecule has 3 rings (SSSR count). The Labute approximate surface area is 131 Å². The Morgan fingerprint density at radius 1 is 1.36 bits per heavy atom. The van der Waals surface area contributed by atoms with E-state index in [1.807, 2.05) is 17.6 Å². The highest BCUT2D eigenvalue weighted by atomic mass is 15.3. The molecule has 5 heteroatoms. The molecule has 2 aromatic rings. The standard InChI is InChI=1S/C17H23N5/c1-4-21-11-15(8-17(21)9-18)10-20-6-5-16(12-20)22-14(3)7-13(2)19-22/h7-8,11,16H,4-6,10,12H2,1-3H3/t16-/m1/s1. The van der Waals surface area contributed by atoms with Gasteiger partial charge in [0.05, 0.1) is 11.7 Å². The van der Waals surface area contributed by atoms with Crippen LogP contribution in [0.3, 0.4) is 0 Å². The zero-order chi connectivity index (χ0) is 15.7. The summed E-state index contributed by atoms with van der Waals surface area (Å²) < 4.78 is 4.19. The predicted molar refractivity (Wildman–Crippen MR) is 85.5 cm³/mol. The number of aryl methyl sites for hydroxylation is 3. The summed E-state index contributed by atoms with van der Waals surface area (Å²) in [6.45, 7) is 10.1. The first-order chi connectivity index (χ1) is 10.6. The molecule has 0 N–H and O–H groups in total. The Morgan fingerprint density at radius 2 is 2.18 bits per heavy atom. The van der Waals surface area contributed by atoms with Crippen LogP contribution < -0.4 is 0 Å². The average Bonchev–Trinajstić information content (AvgIpc) is 3.18. The largest absolute Gasteiger partial charge is 0.339 e. The van der Waals surface area contributed by atoms with E-state index in [9.17, 15) is 0 Å². The SMILES string of the molecule is CCn1cc(CN2CC[C@@H](n3nc(C)cc3C)C2)cc1C#N. The van der Waals surface area contributed by atoms with Gasteiger partial charge in [0.15, 0.2) is 0 Å². The molecule has 2 aromatic heterocycles. The van der Waals surface area contributed by atoms with Crippen molar-refractivity contribution in [2.45, 2.75) is 46.3 Å². The highest BCUT2D eigenvalue weighted by Gasteiger charge is 2.25. The number of hydrogen-bond donors (Lipinski definition) is 0. The van der Waals surface area contributed by atoms with E-state index in [0.29, 0.717) is 6.04 Å². The molecule has 0 saturated carbocycles. The minimum Gasteiger partial charge on any atom is -0.339 e. The van der Waals surface area contributed by atoms with Crippen LogP contribution >= 0.6 is 0 Å². The van der Waals surface area contributed by atoms with Crippen molar-refractivity contribution >= 4 is 0 Å². The van der Waals surface area contributed by atoms with Gasteiger partial charge in [0.2, 0.25) is 0 Å². The number of aromatic nitrogens is 3. The second-order valence-corrected chi connectivity index (χ2v) is 6.18. The predicted octanol–water partition coefficient (Wildman–Crippen LogP) is 2.64. The maximum atomic E-state index is 9.15. The van der Waals surface area contributed by atoms with Crippen molar-refractivity contribution in [2.24, 2.45) is 0 Å². The van der Waals surface area contributed by atoms with Gasteiger partial charge in [-0.2, -0.15) is 10.4 Å². The third-order valence-corrected chi connectivity index (χ3v) is 4.45. The van der Waals surface area contributed by atoms with E-state index < -0.39 is 0 Å². The van der Waals surface area contributed by atoms with Gasteiger partial charge in [0.1, 0.15) is 11.8 Å². The fourth-order valence-corrected chi connectivity index (χ4v) is 3.44. The van der Waals surface area contributed by atoms with Gasteiger partial charge in [-0.05, 0) is 44.9 Å². The maximum Gasteiger partial charge on any atom is 0.120 e. The zero-order valence-electron chi connectivity index (χ0n) is 13.6. The summed E-state index contributed by atoms with van der Waals surface area (Å²) in [4.78, 5) is 2.46. The number of likely N-dealkylation sites (tertiary alicyclic amines) is 1. The summed E-state index contributed by atoms with van der Waals surface area (Å²) in [5.74, 6) is 0. The van der Waals surface area contributed by atoms with Crippen molar-refractivity contribution in [3.8, 4) is 6.07 Å². The molecular weight excluding hydrogens is 274 g/mol. The summed E-state index contributed by atoms with van der Waals surface area (Å²) in [6, 6.07) is 6.89. The fraction of sp³-hybridized carbons (Fsp3) is 0.529. The molecule has 22 heavy (non-hydrogen) atoms. The van der Waals surface area contributed by atoms with Crippen molar-refractivity contribution in [3.63, 3.8) is 0 Å². The maximum absolute atomic E-state index is 9.15. The van der Waals surface area contributed by atoms with Crippen LogP contribution in [-0.2, 0) is 13.1 Å². The second-order valence-electron chi connectivity index (χ2n) is 6.18. The van der Waals surface area contributed by atoms with Gasteiger partial charge in [-0.3, -0.25) is 9.58 Å². The molecule has 1 saturated heterocycles. The summed E-state index contributed by atoms with van der Waals surface area (Å²) in [7, 11) is 0. The quantitative estimate of drug-likeness (QED) is 0.871. The summed E-state index contributed by atoms with van der Waals surface area (Å²) in [5.41, 5.74) is 4.32. The van der Waals surface area contributed by atoms with Crippen LogP contribution in [0.4, 0.5) is 0 Å². The molecule has 0 amide bonds. The minimum absolute atomic E-state index is 0.470. The monoisotopic (exact) mass is 297 g/mol. The van der Waals surface area contributed by atoms with Crippen LogP contribution in [-0.4, -0.2) is 32.3 Å². The lowest BCUT2D eigenvalue weighted by molar-refractivity contribution is 0.310. The lowest BCUT2D eigenvalue weighted by Crippen LogP contribution is -2.21. The van der Waals surface area contributed by atoms with Crippen molar-refractivity contribution < 1.29 is 0 Å². The highest BCUT2D eigenvalue weighted by molar-refractivity contribution is 5.28. The van der Waals surface area contributed by atoms with E-state index in [1.165, 1.54) is 11.3 Å². The molecule has 0 unspecified atom stereocenters. The fourth-order valence-electron chi connectivity index (χ4n) is 3.44. The van der Waals surface area contributed by atoms with Crippen LogP contribution in [0.1, 0.15) is 42.0 Å². The number of hydrogen-bond acceptors (Lipinski definition) is 3. The van der Waals surface area contributed by atoms with Crippen LogP contribution in [0.25, 0.3) is 0 Å². The summed E-state index contributed by atoms with van der Waals surface area (Å²) in [6.07, 6.45) is 3.25. The molecule has 0 spiro atoms. The van der Waals surface area contributed by atoms with Crippen molar-refractivity contribution in [2.75, 3.05) is 13.1 Å². The lowest BCUT2D eigenvalue weighted by Gasteiger charge is -2.16. The van der Waals surface area contributed by atoms with E-state index >= 15 is 0 Å². The molecule has 3 heterocycles.